The zero-order valence-corrected chi connectivity index (χ0v) is 27.1. The van der Waals surface area contributed by atoms with Gasteiger partial charge in [-0.05, 0) is 106 Å². The monoisotopic (exact) mass is 632 g/mol. The van der Waals surface area contributed by atoms with Gasteiger partial charge in [-0.15, -0.1) is 0 Å². The normalized spacial score (nSPS) is 15.1. The number of rotatable bonds is 11. The number of likely N-dealkylation sites (tertiary alicyclic amines) is 1. The van der Waals surface area contributed by atoms with E-state index in [0.717, 1.165) is 101 Å². The third-order valence-electron chi connectivity index (χ3n) is 8.87. The summed E-state index contributed by atoms with van der Waals surface area (Å²) in [5.41, 5.74) is 8.12. The first-order chi connectivity index (χ1) is 23.0. The molecule has 7 rings (SSSR count). The fourth-order valence-electron chi connectivity index (χ4n) is 6.42. The highest BCUT2D eigenvalue weighted by atomic mass is 19.1. The number of aryl methyl sites for hydroxylation is 1. The zero-order valence-electron chi connectivity index (χ0n) is 27.1. The highest BCUT2D eigenvalue weighted by Crippen LogP contribution is 2.34. The number of H-pyrrole nitrogens is 1. The maximum atomic E-state index is 14.9. The van der Waals surface area contributed by atoms with Crippen LogP contribution in [0.5, 0.6) is 11.5 Å². The largest absolute Gasteiger partial charge is 0.492 e. The van der Waals surface area contributed by atoms with Crippen LogP contribution in [0.2, 0.25) is 0 Å². The molecular weight excluding hydrogens is 591 g/mol. The van der Waals surface area contributed by atoms with Gasteiger partial charge in [0.15, 0.2) is 0 Å². The summed E-state index contributed by atoms with van der Waals surface area (Å²) in [5, 5.41) is 0.993. The van der Waals surface area contributed by atoms with Crippen LogP contribution in [0.15, 0.2) is 78.0 Å². The number of fused-ring (bicyclic) bond motifs is 2. The summed E-state index contributed by atoms with van der Waals surface area (Å²) >= 11 is 0. The molecule has 0 radical (unpaired) electrons. The second-order valence-electron chi connectivity index (χ2n) is 12.6. The minimum atomic E-state index is -0.313. The van der Waals surface area contributed by atoms with E-state index in [4.69, 9.17) is 19.5 Å². The van der Waals surface area contributed by atoms with Gasteiger partial charge in [-0.2, -0.15) is 0 Å². The summed E-state index contributed by atoms with van der Waals surface area (Å²) in [6.07, 6.45) is 7.88. The number of aromatic amines is 1. The summed E-state index contributed by atoms with van der Waals surface area (Å²) < 4.78 is 26.9. The summed E-state index contributed by atoms with van der Waals surface area (Å²) in [6, 6.07) is 19.4. The van der Waals surface area contributed by atoms with Crippen LogP contribution in [0.4, 0.5) is 4.39 Å². The van der Waals surface area contributed by atoms with Crippen LogP contribution in [-0.4, -0.2) is 90.5 Å². The van der Waals surface area contributed by atoms with Crippen LogP contribution in [0.3, 0.4) is 0 Å². The molecule has 8 nitrogen and oxygen atoms in total. The number of nitrogens with zero attached hydrogens (tertiary/aromatic N) is 5. The molecule has 0 saturated carbocycles. The predicted molar refractivity (Wildman–Crippen MR) is 185 cm³/mol. The average molecular weight is 633 g/mol. The standard InChI is InChI=1S/C38H41FN6O2/c1-44(2)15-17-47-31-21-28(24-40-25-31)34-11-10-26-7-6-12-41-38(37(26)43-34)36-23-33-32(8-5-9-35(33)42-36)27-19-29(39)22-30(20-27)46-18-16-45-13-3-4-14-45/h5,8-11,19-25,42H,3-4,6-7,12-18H2,1-2H3. The van der Waals surface area contributed by atoms with Gasteiger partial charge in [0, 0.05) is 48.4 Å². The van der Waals surface area contributed by atoms with Crippen molar-refractivity contribution in [3.8, 4) is 33.9 Å². The number of pyridine rings is 2. The molecule has 2 aliphatic rings. The van der Waals surface area contributed by atoms with Crippen molar-refractivity contribution in [1.29, 1.82) is 0 Å². The first-order valence-electron chi connectivity index (χ1n) is 16.6. The number of hydrogen-bond acceptors (Lipinski definition) is 7. The Morgan fingerprint density at radius 2 is 1.74 bits per heavy atom. The Bertz CT molecular complexity index is 1890. The Balaban J connectivity index is 1.18. The van der Waals surface area contributed by atoms with Crippen LogP contribution in [0, 0.1) is 5.82 Å². The molecule has 5 aromatic rings. The van der Waals surface area contributed by atoms with E-state index in [1.807, 2.05) is 50.6 Å². The average Bonchev–Trinajstić information content (AvgIpc) is 3.70. The first kappa shape index (κ1) is 31.0. The Morgan fingerprint density at radius 3 is 2.62 bits per heavy atom. The number of halogens is 1. The minimum absolute atomic E-state index is 0.313. The lowest BCUT2D eigenvalue weighted by molar-refractivity contribution is 0.237. The molecule has 0 unspecified atom stereocenters. The Hall–Kier alpha value is -4.60. The molecule has 2 aliphatic heterocycles. The number of aliphatic imine (C=N–C) groups is 1. The first-order valence-corrected chi connectivity index (χ1v) is 16.6. The fraction of sp³-hybridized carbons (Fsp3) is 0.342. The molecule has 0 bridgehead atoms. The second kappa shape index (κ2) is 14.0. The van der Waals surface area contributed by atoms with E-state index < -0.39 is 0 Å². The van der Waals surface area contributed by atoms with Crippen molar-refractivity contribution in [2.75, 3.05) is 60.0 Å². The molecule has 0 aliphatic carbocycles. The summed E-state index contributed by atoms with van der Waals surface area (Å²) in [4.78, 5) is 22.7. The van der Waals surface area contributed by atoms with Crippen LogP contribution in [0.25, 0.3) is 33.3 Å². The topological polar surface area (TPSA) is 78.9 Å². The number of benzene rings is 2. The Labute approximate surface area is 275 Å². The lowest BCUT2D eigenvalue weighted by Gasteiger charge is -2.15. The van der Waals surface area contributed by atoms with Crippen LogP contribution in [0.1, 0.15) is 36.2 Å². The van der Waals surface area contributed by atoms with Gasteiger partial charge in [-0.1, -0.05) is 18.2 Å². The van der Waals surface area contributed by atoms with Gasteiger partial charge in [0.1, 0.15) is 36.2 Å². The highest BCUT2D eigenvalue weighted by Gasteiger charge is 2.21. The van der Waals surface area contributed by atoms with Crippen molar-refractivity contribution in [2.45, 2.75) is 25.7 Å². The van der Waals surface area contributed by atoms with E-state index in [1.54, 1.807) is 12.3 Å². The molecule has 5 heterocycles. The molecule has 1 N–H and O–H groups in total. The molecule has 47 heavy (non-hydrogen) atoms. The van der Waals surface area contributed by atoms with Crippen molar-refractivity contribution >= 4 is 16.6 Å². The molecule has 0 spiro atoms. The Kier molecular flexibility index (Phi) is 9.26. The van der Waals surface area contributed by atoms with Crippen molar-refractivity contribution < 1.29 is 13.9 Å². The predicted octanol–water partition coefficient (Wildman–Crippen LogP) is 6.63. The number of ether oxygens (including phenoxy) is 2. The summed E-state index contributed by atoms with van der Waals surface area (Å²) in [6.45, 7) is 5.73. The molecule has 9 heteroatoms. The van der Waals surface area contributed by atoms with Gasteiger partial charge < -0.3 is 19.4 Å². The smallest absolute Gasteiger partial charge is 0.138 e. The molecule has 2 aromatic carbocycles. The van der Waals surface area contributed by atoms with Gasteiger partial charge in [0.25, 0.3) is 0 Å². The van der Waals surface area contributed by atoms with E-state index in [2.05, 4.69) is 38.0 Å². The molecule has 0 atom stereocenters. The van der Waals surface area contributed by atoms with Gasteiger partial charge in [0.2, 0.25) is 0 Å². The fourth-order valence-corrected chi connectivity index (χ4v) is 6.42. The van der Waals surface area contributed by atoms with Crippen LogP contribution >= 0.6 is 0 Å². The maximum absolute atomic E-state index is 14.9. The van der Waals surface area contributed by atoms with Gasteiger partial charge in [0.05, 0.1) is 23.3 Å². The quantitative estimate of drug-likeness (QED) is 0.176. The highest BCUT2D eigenvalue weighted by molar-refractivity contribution is 6.14. The van der Waals surface area contributed by atoms with Crippen molar-refractivity contribution in [1.82, 2.24) is 24.8 Å². The van der Waals surface area contributed by atoms with Crippen LogP contribution < -0.4 is 9.47 Å². The third kappa shape index (κ3) is 7.21. The van der Waals surface area contributed by atoms with E-state index >= 15 is 0 Å². The molecular formula is C38H41FN6O2. The molecule has 0 amide bonds. The van der Waals surface area contributed by atoms with E-state index in [9.17, 15) is 4.39 Å². The Morgan fingerprint density at radius 1 is 0.894 bits per heavy atom. The number of nitrogens with one attached hydrogen (secondary N) is 1. The van der Waals surface area contributed by atoms with Crippen molar-refractivity contribution in [3.63, 3.8) is 0 Å². The van der Waals surface area contributed by atoms with E-state index in [-0.39, 0.29) is 5.82 Å². The SMILES string of the molecule is CN(C)CCOc1cncc(-c2ccc3c(n2)C(c2cc4c(-c5cc(F)cc(OCCN6CCCC6)c5)cccc4[nH]2)=NCCC3)c1. The van der Waals surface area contributed by atoms with Crippen LogP contribution in [-0.2, 0) is 6.42 Å². The van der Waals surface area contributed by atoms with E-state index in [0.29, 0.717) is 25.5 Å². The maximum Gasteiger partial charge on any atom is 0.138 e. The zero-order chi connectivity index (χ0) is 32.2. The summed E-state index contributed by atoms with van der Waals surface area (Å²) in [7, 11) is 4.05. The lowest BCUT2D eigenvalue weighted by Crippen LogP contribution is -2.25. The van der Waals surface area contributed by atoms with Gasteiger partial charge in [-0.3, -0.25) is 14.9 Å². The molecule has 242 valence electrons. The third-order valence-corrected chi connectivity index (χ3v) is 8.87. The van der Waals surface area contributed by atoms with Gasteiger partial charge >= 0.3 is 0 Å². The molecule has 3 aromatic heterocycles. The van der Waals surface area contributed by atoms with Crippen molar-refractivity contribution in [2.24, 2.45) is 4.99 Å². The molecule has 1 saturated heterocycles. The number of hydrogen-bond donors (Lipinski definition) is 1. The lowest BCUT2D eigenvalue weighted by atomic mass is 10.00. The van der Waals surface area contributed by atoms with Crippen molar-refractivity contribution in [3.05, 3.63) is 95.8 Å². The number of likely N-dealkylation sites (N-methyl/N-ethyl adjacent to an activating group) is 1. The minimum Gasteiger partial charge on any atom is -0.492 e. The van der Waals surface area contributed by atoms with E-state index in [1.165, 1.54) is 18.9 Å². The second-order valence-corrected chi connectivity index (χ2v) is 12.6. The molecule has 1 fully saturated rings. The van der Waals surface area contributed by atoms with Gasteiger partial charge in [-0.25, -0.2) is 9.37 Å². The number of aromatic nitrogens is 3. The summed E-state index contributed by atoms with van der Waals surface area (Å²) in [5.74, 6) is 0.954.